The number of hydrogen-bond acceptors (Lipinski definition) is 5. The van der Waals surface area contributed by atoms with Crippen LogP contribution in [0.4, 0.5) is 0 Å². The summed E-state index contributed by atoms with van der Waals surface area (Å²) in [4.78, 5) is 6.25. The lowest BCUT2D eigenvalue weighted by Crippen LogP contribution is -2.54. The predicted molar refractivity (Wildman–Crippen MR) is 138 cm³/mol. The molecule has 2 bridgehead atoms. The van der Waals surface area contributed by atoms with Crippen LogP contribution in [0.1, 0.15) is 57.4 Å². The van der Waals surface area contributed by atoms with Crippen LogP contribution in [0.3, 0.4) is 0 Å². The van der Waals surface area contributed by atoms with Gasteiger partial charge < -0.3 is 19.8 Å². The Kier molecular flexibility index (Phi) is 5.32. The molecule has 2 N–H and O–H groups in total. The van der Waals surface area contributed by atoms with Crippen molar-refractivity contribution in [3.05, 3.63) is 65.5 Å². The molecule has 2 fully saturated rings. The summed E-state index contributed by atoms with van der Waals surface area (Å²) in [6.45, 7) is 5.01. The van der Waals surface area contributed by atoms with Crippen LogP contribution in [0.5, 0.6) is 0 Å². The van der Waals surface area contributed by atoms with Crippen molar-refractivity contribution in [1.29, 1.82) is 0 Å². The fourth-order valence-electron chi connectivity index (χ4n) is 8.02. The quantitative estimate of drug-likeness (QED) is 0.663. The predicted octanol–water partition coefficient (Wildman–Crippen LogP) is 4.60. The standard InChI is InChI=1S/C30H38N2O3/c1-28-11-9-22-16-24(27(34)25(33)18-32(3)4)29(2)12-13-30(22,35-29)26(28)8-7-23(28)20-6-5-19-10-14-31-17-21(19)15-20/h5-6,9-10,14-17,23,25-27,33-34H,7-8,11-13,18H2,1-4H3/t23?,25?,26-,27-,28?,29+,30-/m1/s1. The van der Waals surface area contributed by atoms with Gasteiger partial charge in [-0.2, -0.15) is 0 Å². The molecule has 1 aromatic carbocycles. The molecule has 3 heterocycles. The van der Waals surface area contributed by atoms with Crippen molar-refractivity contribution in [2.75, 3.05) is 20.6 Å². The Hall–Kier alpha value is -2.05. The third kappa shape index (κ3) is 3.39. The topological polar surface area (TPSA) is 65.8 Å². The minimum Gasteiger partial charge on any atom is -0.389 e. The number of nitrogens with zero attached hydrogens (tertiary/aromatic N) is 2. The van der Waals surface area contributed by atoms with E-state index in [1.54, 1.807) is 0 Å². The van der Waals surface area contributed by atoms with Crippen LogP contribution in [0.15, 0.2) is 60.0 Å². The van der Waals surface area contributed by atoms with Gasteiger partial charge in [0, 0.05) is 24.3 Å². The van der Waals surface area contributed by atoms with Gasteiger partial charge in [-0.15, -0.1) is 0 Å². The summed E-state index contributed by atoms with van der Waals surface area (Å²) in [5, 5.41) is 24.3. The molecule has 1 saturated heterocycles. The molecule has 186 valence electrons. The zero-order chi connectivity index (χ0) is 24.6. The van der Waals surface area contributed by atoms with Crippen molar-refractivity contribution in [2.24, 2.45) is 11.3 Å². The van der Waals surface area contributed by atoms with Crippen LogP contribution in [-0.2, 0) is 4.74 Å². The highest BCUT2D eigenvalue weighted by Gasteiger charge is 2.65. The highest BCUT2D eigenvalue weighted by Crippen LogP contribution is 2.68. The molecule has 0 radical (unpaired) electrons. The summed E-state index contributed by atoms with van der Waals surface area (Å²) in [5.74, 6) is 0.922. The highest BCUT2D eigenvalue weighted by atomic mass is 16.5. The number of aliphatic hydroxyl groups excluding tert-OH is 2. The molecule has 1 spiro atoms. The fourth-order valence-corrected chi connectivity index (χ4v) is 8.02. The van der Waals surface area contributed by atoms with E-state index in [9.17, 15) is 10.2 Å². The maximum atomic E-state index is 11.1. The van der Waals surface area contributed by atoms with E-state index in [0.29, 0.717) is 18.4 Å². The molecule has 2 aliphatic heterocycles. The van der Waals surface area contributed by atoms with Gasteiger partial charge in [0.2, 0.25) is 0 Å². The maximum Gasteiger partial charge on any atom is 0.105 e. The number of aliphatic hydroxyl groups is 2. The summed E-state index contributed by atoms with van der Waals surface area (Å²) in [6, 6.07) is 8.98. The van der Waals surface area contributed by atoms with E-state index in [-0.39, 0.29) is 11.0 Å². The number of benzene rings is 1. The smallest absolute Gasteiger partial charge is 0.105 e. The van der Waals surface area contributed by atoms with E-state index in [1.165, 1.54) is 21.9 Å². The minimum absolute atomic E-state index is 0.124. The number of likely N-dealkylation sites (N-methyl/N-ethyl adjacent to an activating group) is 1. The Morgan fingerprint density at radius 2 is 1.94 bits per heavy atom. The van der Waals surface area contributed by atoms with Gasteiger partial charge in [-0.1, -0.05) is 31.2 Å². The average molecular weight is 475 g/mol. The van der Waals surface area contributed by atoms with E-state index in [2.05, 4.69) is 55.2 Å². The van der Waals surface area contributed by atoms with Gasteiger partial charge >= 0.3 is 0 Å². The number of allylic oxidation sites excluding steroid dienone is 1. The Morgan fingerprint density at radius 3 is 2.74 bits per heavy atom. The lowest BCUT2D eigenvalue weighted by atomic mass is 9.58. The minimum atomic E-state index is -0.921. The Balaban J connectivity index is 1.36. The molecular formula is C30H38N2O3. The second-order valence-electron chi connectivity index (χ2n) is 12.1. The molecule has 6 rings (SSSR count). The number of hydrogen-bond donors (Lipinski definition) is 2. The first kappa shape index (κ1) is 23.4. The molecule has 2 aromatic rings. The number of fused-ring (bicyclic) bond motifs is 3. The van der Waals surface area contributed by atoms with Gasteiger partial charge in [-0.3, -0.25) is 4.98 Å². The van der Waals surface area contributed by atoms with Crippen molar-refractivity contribution >= 4 is 10.8 Å². The summed E-state index contributed by atoms with van der Waals surface area (Å²) < 4.78 is 7.07. The molecular weight excluding hydrogens is 436 g/mol. The van der Waals surface area contributed by atoms with Crippen molar-refractivity contribution in [3.63, 3.8) is 0 Å². The van der Waals surface area contributed by atoms with E-state index in [1.807, 2.05) is 31.4 Å². The van der Waals surface area contributed by atoms with Crippen LogP contribution in [0.25, 0.3) is 10.8 Å². The summed E-state index contributed by atoms with van der Waals surface area (Å²) in [7, 11) is 3.83. The molecule has 5 nitrogen and oxygen atoms in total. The molecule has 1 saturated carbocycles. The molecule has 5 heteroatoms. The van der Waals surface area contributed by atoms with Crippen LogP contribution >= 0.6 is 0 Å². The van der Waals surface area contributed by atoms with Gasteiger partial charge in [-0.05, 0) is 105 Å². The number of rotatable bonds is 5. The second kappa shape index (κ2) is 7.97. The monoisotopic (exact) mass is 474 g/mol. The summed E-state index contributed by atoms with van der Waals surface area (Å²) in [5.41, 5.74) is 2.79. The average Bonchev–Trinajstić information content (AvgIpc) is 3.33. The number of aromatic nitrogens is 1. The first-order valence-electron chi connectivity index (χ1n) is 13.1. The number of pyridine rings is 1. The van der Waals surface area contributed by atoms with Crippen LogP contribution in [0, 0.1) is 11.3 Å². The van der Waals surface area contributed by atoms with E-state index in [4.69, 9.17) is 4.74 Å². The van der Waals surface area contributed by atoms with Gasteiger partial charge in [0.1, 0.15) is 6.10 Å². The van der Waals surface area contributed by atoms with Crippen molar-refractivity contribution in [3.8, 4) is 0 Å². The summed E-state index contributed by atoms with van der Waals surface area (Å²) >= 11 is 0. The molecule has 3 unspecified atom stereocenters. The Labute approximate surface area is 208 Å². The Bertz CT molecular complexity index is 1220. The SMILES string of the molecule is CN(C)CC(O)[C@H](O)C1=CC2=CCC3(C)C(c4ccc5ccncc5c4)CC[C@H]3[C@@]23CC[C@]1(C)O3. The fraction of sp³-hybridized carbons (Fsp3) is 0.567. The van der Waals surface area contributed by atoms with Crippen molar-refractivity contribution in [1.82, 2.24) is 9.88 Å². The van der Waals surface area contributed by atoms with Crippen LogP contribution in [0.2, 0.25) is 0 Å². The maximum absolute atomic E-state index is 11.1. The third-order valence-corrected chi connectivity index (χ3v) is 9.75. The van der Waals surface area contributed by atoms with Crippen LogP contribution < -0.4 is 0 Å². The highest BCUT2D eigenvalue weighted by molar-refractivity contribution is 5.82. The molecule has 2 aliphatic carbocycles. The van der Waals surface area contributed by atoms with Gasteiger partial charge in [0.25, 0.3) is 0 Å². The largest absolute Gasteiger partial charge is 0.389 e. The van der Waals surface area contributed by atoms with E-state index in [0.717, 1.165) is 37.7 Å². The normalized spacial score (nSPS) is 37.6. The van der Waals surface area contributed by atoms with Gasteiger partial charge in [-0.25, -0.2) is 0 Å². The molecule has 0 amide bonds. The number of ether oxygens (including phenoxy) is 1. The van der Waals surface area contributed by atoms with Gasteiger partial charge in [0.05, 0.1) is 17.3 Å². The molecule has 35 heavy (non-hydrogen) atoms. The first-order chi connectivity index (χ1) is 16.7. The lowest BCUT2D eigenvalue weighted by Gasteiger charge is -2.53. The van der Waals surface area contributed by atoms with Crippen LogP contribution in [-0.4, -0.2) is 64.1 Å². The van der Waals surface area contributed by atoms with E-state index >= 15 is 0 Å². The molecule has 1 aromatic heterocycles. The first-order valence-corrected chi connectivity index (χ1v) is 13.1. The second-order valence-corrected chi connectivity index (χ2v) is 12.1. The van der Waals surface area contributed by atoms with Crippen molar-refractivity contribution in [2.45, 2.75) is 75.3 Å². The lowest BCUT2D eigenvalue weighted by molar-refractivity contribution is -0.129. The summed E-state index contributed by atoms with van der Waals surface area (Å²) in [6.07, 6.45) is 11.8. The molecule has 4 aliphatic rings. The van der Waals surface area contributed by atoms with E-state index < -0.39 is 17.8 Å². The zero-order valence-corrected chi connectivity index (χ0v) is 21.4. The van der Waals surface area contributed by atoms with Crippen molar-refractivity contribution < 1.29 is 14.9 Å². The molecule has 7 atom stereocenters. The zero-order valence-electron chi connectivity index (χ0n) is 21.4. The third-order valence-electron chi connectivity index (χ3n) is 9.75. The Morgan fingerprint density at radius 1 is 1.11 bits per heavy atom. The van der Waals surface area contributed by atoms with Gasteiger partial charge in [0.15, 0.2) is 0 Å².